The fourth-order valence-electron chi connectivity index (χ4n) is 1.96. The lowest BCUT2D eigenvalue weighted by Crippen LogP contribution is -2.44. The van der Waals surface area contributed by atoms with Crippen molar-refractivity contribution in [2.45, 2.75) is 25.4 Å². The summed E-state index contributed by atoms with van der Waals surface area (Å²) >= 11 is 0. The van der Waals surface area contributed by atoms with E-state index in [1.807, 2.05) is 18.2 Å². The van der Waals surface area contributed by atoms with E-state index in [0.29, 0.717) is 5.39 Å². The molecule has 0 heterocycles. The second-order valence-electron chi connectivity index (χ2n) is 4.93. The molecule has 4 N–H and O–H groups in total. The minimum Gasteiger partial charge on any atom is -0.445 e. The zero-order chi connectivity index (χ0) is 17.0. The van der Waals surface area contributed by atoms with E-state index in [1.54, 1.807) is 24.3 Å². The van der Waals surface area contributed by atoms with E-state index >= 15 is 0 Å². The third-order valence-electron chi connectivity index (χ3n) is 3.04. The Labute approximate surface area is 132 Å². The van der Waals surface area contributed by atoms with Crippen molar-refractivity contribution in [3.05, 3.63) is 42.5 Å². The van der Waals surface area contributed by atoms with Crippen LogP contribution < -0.4 is 10.5 Å². The number of rotatable bonds is 5. The van der Waals surface area contributed by atoms with Gasteiger partial charge in [-0.1, -0.05) is 36.4 Å². The summed E-state index contributed by atoms with van der Waals surface area (Å²) in [4.78, 5) is 23.4. The van der Waals surface area contributed by atoms with Crippen LogP contribution in [-0.4, -0.2) is 40.6 Å². The fraction of sp³-hybridized carbons (Fsp3) is 0.250. The Kier molecular flexibility index (Phi) is 5.28. The molecule has 0 saturated heterocycles. The molecule has 2 aromatic rings. The van der Waals surface area contributed by atoms with Crippen LogP contribution in [0.3, 0.4) is 0 Å². The molecule has 3 unspecified atom stereocenters. The zero-order valence-electron chi connectivity index (χ0n) is 12.4. The van der Waals surface area contributed by atoms with Crippen molar-refractivity contribution in [3.8, 4) is 5.75 Å². The first kappa shape index (κ1) is 16.9. The molecule has 122 valence electrons. The summed E-state index contributed by atoms with van der Waals surface area (Å²) in [5.41, 5.74) is 5.24. The predicted molar refractivity (Wildman–Crippen MR) is 81.3 cm³/mol. The van der Waals surface area contributed by atoms with Gasteiger partial charge in [-0.2, -0.15) is 0 Å². The Morgan fingerprint density at radius 2 is 1.61 bits per heavy atom. The quantitative estimate of drug-likeness (QED) is 0.412. The summed E-state index contributed by atoms with van der Waals surface area (Å²) in [5, 5.41) is 20.8. The Morgan fingerprint density at radius 3 is 2.30 bits per heavy atom. The highest BCUT2D eigenvalue weighted by Crippen LogP contribution is 2.25. The zero-order valence-corrected chi connectivity index (χ0v) is 12.4. The predicted octanol–water partition coefficient (Wildman–Crippen LogP) is 0.315. The highest BCUT2D eigenvalue weighted by molar-refractivity contribution is 5.92. The maximum absolute atomic E-state index is 11.9. The fourth-order valence-corrected chi connectivity index (χ4v) is 1.96. The second-order valence-corrected chi connectivity index (χ2v) is 4.93. The summed E-state index contributed by atoms with van der Waals surface area (Å²) in [7, 11) is 0. The van der Waals surface area contributed by atoms with E-state index in [9.17, 15) is 19.8 Å². The molecule has 23 heavy (non-hydrogen) atoms. The summed E-state index contributed by atoms with van der Waals surface area (Å²) in [6.45, 7) is 1.37. The molecule has 0 saturated carbocycles. The molecule has 0 amide bonds. The molecule has 0 spiro atoms. The topological polar surface area (TPSA) is 119 Å². The van der Waals surface area contributed by atoms with Crippen LogP contribution in [0.5, 0.6) is 5.75 Å². The minimum absolute atomic E-state index is 0.208. The van der Waals surface area contributed by atoms with Gasteiger partial charge >= 0.3 is 11.9 Å². The molecular formula is C16H17NO6. The summed E-state index contributed by atoms with van der Waals surface area (Å²) in [6.07, 6.45) is -5.14. The van der Waals surface area contributed by atoms with Gasteiger partial charge in [-0.05, 0) is 18.4 Å². The highest BCUT2D eigenvalue weighted by atomic mass is 16.6. The molecule has 0 bridgehead atoms. The van der Waals surface area contributed by atoms with Gasteiger partial charge in [-0.15, -0.1) is 0 Å². The van der Waals surface area contributed by atoms with E-state index in [2.05, 4.69) is 4.74 Å². The van der Waals surface area contributed by atoms with Gasteiger partial charge in [0.05, 0.1) is 0 Å². The molecule has 0 aliphatic rings. The van der Waals surface area contributed by atoms with Crippen LogP contribution >= 0.6 is 0 Å². The van der Waals surface area contributed by atoms with Gasteiger partial charge in [0.1, 0.15) is 12.0 Å². The van der Waals surface area contributed by atoms with Gasteiger partial charge in [0.15, 0.2) is 12.2 Å². The highest BCUT2D eigenvalue weighted by Gasteiger charge is 2.33. The van der Waals surface area contributed by atoms with Gasteiger partial charge in [-0.3, -0.25) is 5.73 Å². The first-order valence-electron chi connectivity index (χ1n) is 6.92. The third kappa shape index (κ3) is 4.04. The number of nitrogens with two attached hydrogens (primary N) is 1. The molecular weight excluding hydrogens is 302 g/mol. The number of aliphatic hydroxyl groups is 2. The monoisotopic (exact) mass is 319 g/mol. The van der Waals surface area contributed by atoms with Crippen LogP contribution in [0.2, 0.25) is 0 Å². The molecule has 0 aromatic heterocycles. The molecule has 0 aliphatic heterocycles. The lowest BCUT2D eigenvalue weighted by atomic mass is 10.1. The van der Waals surface area contributed by atoms with E-state index in [0.717, 1.165) is 5.39 Å². The van der Waals surface area contributed by atoms with Crippen LogP contribution in [0.15, 0.2) is 42.5 Å². The SMILES string of the molecule is CC(N)OC(=O)C(O)C(O)C(=O)Oc1cccc2ccccc12. The third-order valence-corrected chi connectivity index (χ3v) is 3.04. The van der Waals surface area contributed by atoms with Gasteiger partial charge in [0, 0.05) is 5.39 Å². The minimum atomic E-state index is -2.08. The number of esters is 2. The van der Waals surface area contributed by atoms with Crippen LogP contribution in [0.4, 0.5) is 0 Å². The second kappa shape index (κ2) is 7.19. The first-order chi connectivity index (χ1) is 10.9. The van der Waals surface area contributed by atoms with Crippen molar-refractivity contribution < 1.29 is 29.3 Å². The Balaban J connectivity index is 2.13. The number of hydrogen-bond acceptors (Lipinski definition) is 7. The van der Waals surface area contributed by atoms with Crippen molar-refractivity contribution in [3.63, 3.8) is 0 Å². The Hall–Kier alpha value is -2.48. The molecule has 7 nitrogen and oxygen atoms in total. The summed E-state index contributed by atoms with van der Waals surface area (Å²) in [5.74, 6) is -2.17. The number of fused-ring (bicyclic) bond motifs is 1. The van der Waals surface area contributed by atoms with E-state index in [1.165, 1.54) is 6.92 Å². The number of carbonyl (C=O) groups is 2. The number of ether oxygens (including phenoxy) is 2. The average Bonchev–Trinajstić information content (AvgIpc) is 2.53. The summed E-state index contributed by atoms with van der Waals surface area (Å²) in [6, 6.07) is 12.2. The lowest BCUT2D eigenvalue weighted by Gasteiger charge is -2.17. The summed E-state index contributed by atoms with van der Waals surface area (Å²) < 4.78 is 9.60. The lowest BCUT2D eigenvalue weighted by molar-refractivity contribution is -0.171. The van der Waals surface area contributed by atoms with Crippen LogP contribution in [0.1, 0.15) is 6.92 Å². The van der Waals surface area contributed by atoms with Crippen LogP contribution in [-0.2, 0) is 14.3 Å². The van der Waals surface area contributed by atoms with Gasteiger partial charge in [0.25, 0.3) is 0 Å². The van der Waals surface area contributed by atoms with Crippen molar-refractivity contribution >= 4 is 22.7 Å². The number of hydrogen-bond donors (Lipinski definition) is 3. The van der Waals surface area contributed by atoms with E-state index in [-0.39, 0.29) is 5.75 Å². The van der Waals surface area contributed by atoms with Crippen molar-refractivity contribution in [1.29, 1.82) is 0 Å². The van der Waals surface area contributed by atoms with Crippen molar-refractivity contribution in [2.24, 2.45) is 5.73 Å². The smallest absolute Gasteiger partial charge is 0.343 e. The number of benzene rings is 2. The Morgan fingerprint density at radius 1 is 1.00 bits per heavy atom. The van der Waals surface area contributed by atoms with Crippen LogP contribution in [0.25, 0.3) is 10.8 Å². The van der Waals surface area contributed by atoms with Gasteiger partial charge < -0.3 is 19.7 Å². The standard InChI is InChI=1S/C16H17NO6/c1-9(17)22-15(20)13(18)14(19)16(21)23-12-8-4-6-10-5-2-3-7-11(10)12/h2-9,13-14,18-19H,17H2,1H3. The number of carbonyl (C=O) groups excluding carboxylic acids is 2. The maximum Gasteiger partial charge on any atom is 0.343 e. The maximum atomic E-state index is 11.9. The first-order valence-corrected chi connectivity index (χ1v) is 6.92. The van der Waals surface area contributed by atoms with Crippen molar-refractivity contribution in [1.82, 2.24) is 0 Å². The van der Waals surface area contributed by atoms with Crippen molar-refractivity contribution in [2.75, 3.05) is 0 Å². The molecule has 2 rings (SSSR count). The largest absolute Gasteiger partial charge is 0.445 e. The molecule has 0 aliphatic carbocycles. The van der Waals surface area contributed by atoms with Gasteiger partial charge in [-0.25, -0.2) is 9.59 Å². The normalized spacial score (nSPS) is 14.8. The van der Waals surface area contributed by atoms with Gasteiger partial charge in [0.2, 0.25) is 0 Å². The van der Waals surface area contributed by atoms with E-state index < -0.39 is 30.4 Å². The molecule has 3 atom stereocenters. The molecule has 7 heteroatoms. The number of aliphatic hydroxyl groups excluding tert-OH is 2. The molecule has 0 fully saturated rings. The molecule has 2 aromatic carbocycles. The average molecular weight is 319 g/mol. The molecule has 0 radical (unpaired) electrons. The van der Waals surface area contributed by atoms with E-state index in [4.69, 9.17) is 10.5 Å². The van der Waals surface area contributed by atoms with Crippen LogP contribution in [0, 0.1) is 0 Å². The Bertz CT molecular complexity index is 709.